The Balaban J connectivity index is 2.16. The molecular formula is C14H15ClO3S2. The first-order valence-corrected chi connectivity index (χ1v) is 9.17. The van der Waals surface area contributed by atoms with Crippen molar-refractivity contribution in [1.29, 1.82) is 0 Å². The largest absolute Gasteiger partial charge is 0.494 e. The third kappa shape index (κ3) is 4.23. The van der Waals surface area contributed by atoms with Crippen LogP contribution in [0.5, 0.6) is 5.75 Å². The summed E-state index contributed by atoms with van der Waals surface area (Å²) in [7, 11) is -3.24. The Kier molecular flexibility index (Phi) is 5.07. The molecule has 108 valence electrons. The normalized spacial score (nSPS) is 11.5. The molecule has 0 amide bonds. The lowest BCUT2D eigenvalue weighted by Crippen LogP contribution is -2.08. The van der Waals surface area contributed by atoms with Crippen molar-refractivity contribution in [3.8, 4) is 5.75 Å². The van der Waals surface area contributed by atoms with Crippen molar-refractivity contribution >= 4 is 32.8 Å². The minimum Gasteiger partial charge on any atom is -0.494 e. The van der Waals surface area contributed by atoms with Gasteiger partial charge in [0.2, 0.25) is 0 Å². The fourth-order valence-electron chi connectivity index (χ4n) is 1.85. The fraction of sp³-hybridized carbons (Fsp3) is 0.286. The standard InChI is InChI=1S/C14H15ClO3S2/c1-2-18-13-6-4-3-5-11(13)9-20(16,17)10-12-7-8-14(15)19-12/h3-8H,2,9-10H2,1H3. The van der Waals surface area contributed by atoms with E-state index in [1.54, 1.807) is 24.3 Å². The van der Waals surface area contributed by atoms with Crippen LogP contribution in [0.1, 0.15) is 17.4 Å². The van der Waals surface area contributed by atoms with Crippen LogP contribution < -0.4 is 4.74 Å². The quantitative estimate of drug-likeness (QED) is 0.806. The van der Waals surface area contributed by atoms with Gasteiger partial charge in [0.1, 0.15) is 5.75 Å². The molecule has 20 heavy (non-hydrogen) atoms. The topological polar surface area (TPSA) is 43.4 Å². The van der Waals surface area contributed by atoms with Crippen LogP contribution in [0.3, 0.4) is 0 Å². The average Bonchev–Trinajstić information content (AvgIpc) is 2.76. The first-order valence-electron chi connectivity index (χ1n) is 6.15. The minimum absolute atomic E-state index is 0.00481. The number of sulfone groups is 1. The predicted octanol–water partition coefficient (Wildman–Crippen LogP) is 3.92. The Morgan fingerprint density at radius 3 is 2.55 bits per heavy atom. The fourth-order valence-corrected chi connectivity index (χ4v) is 4.85. The maximum Gasteiger partial charge on any atom is 0.159 e. The highest BCUT2D eigenvalue weighted by atomic mass is 35.5. The molecule has 1 aromatic heterocycles. The molecule has 2 aromatic rings. The number of para-hydroxylation sites is 1. The molecule has 0 bridgehead atoms. The van der Waals surface area contributed by atoms with Gasteiger partial charge in [-0.05, 0) is 25.1 Å². The zero-order valence-corrected chi connectivity index (χ0v) is 13.4. The number of thiophene rings is 1. The maximum absolute atomic E-state index is 12.2. The Bertz CT molecular complexity index is 677. The van der Waals surface area contributed by atoms with Crippen LogP contribution in [0, 0.1) is 0 Å². The van der Waals surface area contributed by atoms with E-state index in [0.29, 0.717) is 22.3 Å². The van der Waals surface area contributed by atoms with Crippen molar-refractivity contribution in [3.05, 3.63) is 51.2 Å². The van der Waals surface area contributed by atoms with Gasteiger partial charge in [-0.3, -0.25) is 0 Å². The van der Waals surface area contributed by atoms with Crippen LogP contribution in [0.25, 0.3) is 0 Å². The lowest BCUT2D eigenvalue weighted by molar-refractivity contribution is 0.337. The van der Waals surface area contributed by atoms with Gasteiger partial charge in [0, 0.05) is 10.4 Å². The van der Waals surface area contributed by atoms with Crippen molar-refractivity contribution in [2.24, 2.45) is 0 Å². The van der Waals surface area contributed by atoms with E-state index in [1.165, 1.54) is 11.3 Å². The van der Waals surface area contributed by atoms with Gasteiger partial charge in [-0.1, -0.05) is 29.8 Å². The zero-order chi connectivity index (χ0) is 14.6. The van der Waals surface area contributed by atoms with Gasteiger partial charge in [-0.25, -0.2) is 8.42 Å². The maximum atomic E-state index is 12.2. The summed E-state index contributed by atoms with van der Waals surface area (Å²) in [6, 6.07) is 10.7. The van der Waals surface area contributed by atoms with Gasteiger partial charge >= 0.3 is 0 Å². The SMILES string of the molecule is CCOc1ccccc1CS(=O)(=O)Cc1ccc(Cl)s1. The summed E-state index contributed by atoms with van der Waals surface area (Å²) < 4.78 is 30.5. The molecule has 0 saturated heterocycles. The molecule has 0 fully saturated rings. The highest BCUT2D eigenvalue weighted by Gasteiger charge is 2.17. The van der Waals surface area contributed by atoms with Crippen molar-refractivity contribution in [2.45, 2.75) is 18.4 Å². The van der Waals surface area contributed by atoms with E-state index < -0.39 is 9.84 Å². The van der Waals surface area contributed by atoms with E-state index in [2.05, 4.69) is 0 Å². The molecule has 0 unspecified atom stereocenters. The summed E-state index contributed by atoms with van der Waals surface area (Å²) >= 11 is 7.11. The predicted molar refractivity (Wildman–Crippen MR) is 83.3 cm³/mol. The smallest absolute Gasteiger partial charge is 0.159 e. The number of hydrogen-bond acceptors (Lipinski definition) is 4. The van der Waals surface area contributed by atoms with Crippen LogP contribution >= 0.6 is 22.9 Å². The lowest BCUT2D eigenvalue weighted by atomic mass is 10.2. The molecule has 0 N–H and O–H groups in total. The van der Waals surface area contributed by atoms with Crippen LogP contribution in [0.2, 0.25) is 4.34 Å². The lowest BCUT2D eigenvalue weighted by Gasteiger charge is -2.10. The van der Waals surface area contributed by atoms with Gasteiger partial charge in [0.05, 0.1) is 22.4 Å². The number of benzene rings is 1. The highest BCUT2D eigenvalue weighted by molar-refractivity contribution is 7.90. The van der Waals surface area contributed by atoms with E-state index in [1.807, 2.05) is 19.1 Å². The van der Waals surface area contributed by atoms with E-state index in [-0.39, 0.29) is 11.5 Å². The second-order valence-electron chi connectivity index (χ2n) is 4.28. The highest BCUT2D eigenvalue weighted by Crippen LogP contribution is 2.26. The van der Waals surface area contributed by atoms with Crippen molar-refractivity contribution in [3.63, 3.8) is 0 Å². The van der Waals surface area contributed by atoms with E-state index in [0.717, 1.165) is 4.88 Å². The van der Waals surface area contributed by atoms with Crippen LogP contribution in [-0.2, 0) is 21.3 Å². The number of rotatable bonds is 6. The van der Waals surface area contributed by atoms with Gasteiger partial charge in [0.15, 0.2) is 9.84 Å². The van der Waals surface area contributed by atoms with Crippen LogP contribution in [0.4, 0.5) is 0 Å². The molecule has 0 aliphatic carbocycles. The van der Waals surface area contributed by atoms with Crippen LogP contribution in [-0.4, -0.2) is 15.0 Å². The third-order valence-electron chi connectivity index (χ3n) is 2.64. The summed E-state index contributed by atoms with van der Waals surface area (Å²) in [6.45, 7) is 2.39. The van der Waals surface area contributed by atoms with Crippen molar-refractivity contribution in [1.82, 2.24) is 0 Å². The van der Waals surface area contributed by atoms with Crippen molar-refractivity contribution in [2.75, 3.05) is 6.61 Å². The Hall–Kier alpha value is -1.04. The zero-order valence-electron chi connectivity index (χ0n) is 11.0. The summed E-state index contributed by atoms with van der Waals surface area (Å²) in [5.41, 5.74) is 0.692. The van der Waals surface area contributed by atoms with E-state index in [9.17, 15) is 8.42 Å². The Morgan fingerprint density at radius 2 is 1.90 bits per heavy atom. The first kappa shape index (κ1) is 15.4. The van der Waals surface area contributed by atoms with E-state index in [4.69, 9.17) is 16.3 Å². The second kappa shape index (κ2) is 6.61. The third-order valence-corrected chi connectivity index (χ3v) is 5.55. The van der Waals surface area contributed by atoms with Gasteiger partial charge < -0.3 is 4.74 Å². The Morgan fingerprint density at radius 1 is 1.15 bits per heavy atom. The van der Waals surface area contributed by atoms with Crippen LogP contribution in [0.15, 0.2) is 36.4 Å². The molecule has 0 atom stereocenters. The Labute approximate surface area is 128 Å². The summed E-state index contributed by atoms with van der Waals surface area (Å²) in [5.74, 6) is 0.603. The van der Waals surface area contributed by atoms with Gasteiger partial charge in [-0.15, -0.1) is 11.3 Å². The van der Waals surface area contributed by atoms with E-state index >= 15 is 0 Å². The molecule has 0 saturated carbocycles. The van der Waals surface area contributed by atoms with Gasteiger partial charge in [0.25, 0.3) is 0 Å². The number of halogens is 1. The molecule has 0 radical (unpaired) electrons. The monoisotopic (exact) mass is 330 g/mol. The summed E-state index contributed by atoms with van der Waals surface area (Å²) in [6.07, 6.45) is 0. The molecule has 0 spiro atoms. The summed E-state index contributed by atoms with van der Waals surface area (Å²) in [4.78, 5) is 0.754. The number of hydrogen-bond donors (Lipinski definition) is 0. The molecule has 2 rings (SSSR count). The molecule has 1 heterocycles. The summed E-state index contributed by atoms with van der Waals surface area (Å²) in [5, 5.41) is 0. The first-order chi connectivity index (χ1) is 9.50. The molecule has 0 aliphatic rings. The average molecular weight is 331 g/mol. The van der Waals surface area contributed by atoms with Gasteiger partial charge in [-0.2, -0.15) is 0 Å². The molecule has 0 aliphatic heterocycles. The number of ether oxygens (including phenoxy) is 1. The second-order valence-corrected chi connectivity index (χ2v) is 8.14. The van der Waals surface area contributed by atoms with Crippen molar-refractivity contribution < 1.29 is 13.2 Å². The molecule has 6 heteroatoms. The molecule has 3 nitrogen and oxygen atoms in total. The minimum atomic E-state index is -3.24. The molecule has 1 aromatic carbocycles. The molecular weight excluding hydrogens is 316 g/mol.